The molecule has 0 spiro atoms. The predicted molar refractivity (Wildman–Crippen MR) is 113 cm³/mol. The zero-order chi connectivity index (χ0) is 22.5. The van der Waals surface area contributed by atoms with Gasteiger partial charge in [-0.15, -0.1) is 0 Å². The lowest BCUT2D eigenvalue weighted by Gasteiger charge is -2.20. The fraction of sp³-hybridized carbons (Fsp3) is 0.304. The molecule has 2 aromatic carbocycles. The van der Waals surface area contributed by atoms with Gasteiger partial charge in [-0.05, 0) is 52.3 Å². The number of hydrogen-bond donors (Lipinski definition) is 2. The van der Waals surface area contributed by atoms with Gasteiger partial charge in [0.15, 0.2) is 12.4 Å². The minimum atomic E-state index is -0.823. The first-order chi connectivity index (χ1) is 14.0. The molecule has 0 radical (unpaired) electrons. The van der Waals surface area contributed by atoms with E-state index in [1.807, 2.05) is 26.0 Å². The molecule has 0 heterocycles. The Labute approximate surface area is 175 Å². The van der Waals surface area contributed by atoms with E-state index in [9.17, 15) is 19.2 Å². The van der Waals surface area contributed by atoms with Crippen molar-refractivity contribution in [2.45, 2.75) is 40.2 Å². The molecular formula is C23H26N2O5. The van der Waals surface area contributed by atoms with Crippen LogP contribution in [0.1, 0.15) is 58.2 Å². The molecular weight excluding hydrogens is 384 g/mol. The number of rotatable bonds is 5. The molecule has 0 aromatic heterocycles. The summed E-state index contributed by atoms with van der Waals surface area (Å²) in [5.41, 5.74) is 1.92. The van der Waals surface area contributed by atoms with E-state index >= 15 is 0 Å². The van der Waals surface area contributed by atoms with E-state index in [0.717, 1.165) is 11.1 Å². The number of amides is 3. The molecule has 7 heteroatoms. The molecule has 0 fully saturated rings. The summed E-state index contributed by atoms with van der Waals surface area (Å²) < 4.78 is 5.02. The minimum absolute atomic E-state index is 0.0512. The highest BCUT2D eigenvalue weighted by atomic mass is 16.5. The molecule has 0 atom stereocenters. The minimum Gasteiger partial charge on any atom is -0.452 e. The summed E-state index contributed by atoms with van der Waals surface area (Å²) in [5.74, 6) is -1.91. The van der Waals surface area contributed by atoms with Crippen LogP contribution >= 0.6 is 0 Å². The summed E-state index contributed by atoms with van der Waals surface area (Å²) in [6.45, 7) is 8.34. The fourth-order valence-corrected chi connectivity index (χ4v) is 2.73. The Balaban J connectivity index is 2.11. The normalized spacial score (nSPS) is 10.8. The van der Waals surface area contributed by atoms with Crippen molar-refractivity contribution in [2.24, 2.45) is 0 Å². The lowest BCUT2D eigenvalue weighted by molar-refractivity contribution is -0.123. The van der Waals surface area contributed by atoms with Crippen LogP contribution in [0.25, 0.3) is 0 Å². The van der Waals surface area contributed by atoms with Crippen LogP contribution in [-0.2, 0) is 9.53 Å². The topological polar surface area (TPSA) is 102 Å². The summed E-state index contributed by atoms with van der Waals surface area (Å²) >= 11 is 0. The van der Waals surface area contributed by atoms with Gasteiger partial charge in [0, 0.05) is 16.7 Å². The van der Waals surface area contributed by atoms with E-state index < -0.39 is 30.1 Å². The summed E-state index contributed by atoms with van der Waals surface area (Å²) in [6, 6.07) is 11.1. The first-order valence-corrected chi connectivity index (χ1v) is 9.48. The highest BCUT2D eigenvalue weighted by molar-refractivity contribution is 6.15. The lowest BCUT2D eigenvalue weighted by atomic mass is 9.94. The van der Waals surface area contributed by atoms with Crippen LogP contribution in [0.15, 0.2) is 42.5 Å². The van der Waals surface area contributed by atoms with Gasteiger partial charge in [-0.1, -0.05) is 35.9 Å². The third-order valence-corrected chi connectivity index (χ3v) is 4.11. The van der Waals surface area contributed by atoms with Crippen LogP contribution in [0, 0.1) is 13.8 Å². The second-order valence-electron chi connectivity index (χ2n) is 8.02. The Kier molecular flexibility index (Phi) is 7.10. The van der Waals surface area contributed by atoms with Gasteiger partial charge >= 0.3 is 12.0 Å². The van der Waals surface area contributed by atoms with Crippen LogP contribution in [0.2, 0.25) is 0 Å². The number of esters is 1. The van der Waals surface area contributed by atoms with Crippen molar-refractivity contribution in [1.29, 1.82) is 0 Å². The highest BCUT2D eigenvalue weighted by Gasteiger charge is 2.22. The van der Waals surface area contributed by atoms with Crippen molar-refractivity contribution in [3.63, 3.8) is 0 Å². The van der Waals surface area contributed by atoms with E-state index in [-0.39, 0.29) is 16.9 Å². The SMILES string of the molecule is Cc1ccc(C)c(C(=O)c2ccccc2C(=O)OCC(=O)NC(=O)NC(C)(C)C)c1. The number of hydrogen-bond acceptors (Lipinski definition) is 5. The van der Waals surface area contributed by atoms with Gasteiger partial charge in [0.1, 0.15) is 0 Å². The van der Waals surface area contributed by atoms with E-state index in [0.29, 0.717) is 5.56 Å². The van der Waals surface area contributed by atoms with Gasteiger partial charge in [0.25, 0.3) is 5.91 Å². The van der Waals surface area contributed by atoms with Crippen LogP contribution in [-0.4, -0.2) is 35.8 Å². The van der Waals surface area contributed by atoms with Crippen molar-refractivity contribution in [3.05, 3.63) is 70.3 Å². The van der Waals surface area contributed by atoms with E-state index in [4.69, 9.17) is 4.74 Å². The Hall–Kier alpha value is -3.48. The maximum atomic E-state index is 13.0. The molecule has 0 saturated carbocycles. The molecule has 158 valence electrons. The molecule has 0 aliphatic heterocycles. The number of ketones is 1. The molecule has 0 aliphatic rings. The summed E-state index contributed by atoms with van der Waals surface area (Å²) in [6.07, 6.45) is 0. The average molecular weight is 410 g/mol. The van der Waals surface area contributed by atoms with E-state index in [1.165, 1.54) is 12.1 Å². The van der Waals surface area contributed by atoms with E-state index in [1.54, 1.807) is 39.0 Å². The monoisotopic (exact) mass is 410 g/mol. The fourth-order valence-electron chi connectivity index (χ4n) is 2.73. The molecule has 2 aromatic rings. The molecule has 0 unspecified atom stereocenters. The number of nitrogens with one attached hydrogen (secondary N) is 2. The standard InChI is InChI=1S/C23H26N2O5/c1-14-10-11-15(2)18(12-14)20(27)16-8-6-7-9-17(16)21(28)30-13-19(26)24-22(29)25-23(3,4)5/h6-12H,13H2,1-5H3,(H2,24,25,26,29). The molecule has 30 heavy (non-hydrogen) atoms. The number of carbonyl (C=O) groups excluding carboxylic acids is 4. The van der Waals surface area contributed by atoms with Crippen molar-refractivity contribution in [1.82, 2.24) is 10.6 Å². The molecule has 2 rings (SSSR count). The summed E-state index contributed by atoms with van der Waals surface area (Å²) in [7, 11) is 0. The Morgan fingerprint density at radius 2 is 1.53 bits per heavy atom. The zero-order valence-corrected chi connectivity index (χ0v) is 17.8. The van der Waals surface area contributed by atoms with Gasteiger partial charge in [0.2, 0.25) is 0 Å². The Morgan fingerprint density at radius 3 is 2.17 bits per heavy atom. The van der Waals surface area contributed by atoms with Crippen LogP contribution < -0.4 is 10.6 Å². The van der Waals surface area contributed by atoms with Gasteiger partial charge in [-0.25, -0.2) is 9.59 Å². The first kappa shape index (κ1) is 22.8. The third kappa shape index (κ3) is 6.27. The largest absolute Gasteiger partial charge is 0.452 e. The van der Waals surface area contributed by atoms with Gasteiger partial charge in [-0.3, -0.25) is 14.9 Å². The molecule has 0 saturated heterocycles. The highest BCUT2D eigenvalue weighted by Crippen LogP contribution is 2.19. The number of benzene rings is 2. The van der Waals surface area contributed by atoms with Crippen LogP contribution in [0.3, 0.4) is 0 Å². The molecule has 7 nitrogen and oxygen atoms in total. The number of imide groups is 1. The summed E-state index contributed by atoms with van der Waals surface area (Å²) in [5, 5.41) is 4.65. The van der Waals surface area contributed by atoms with Crippen molar-refractivity contribution in [3.8, 4) is 0 Å². The molecule has 2 N–H and O–H groups in total. The quantitative estimate of drug-likeness (QED) is 0.582. The van der Waals surface area contributed by atoms with E-state index in [2.05, 4.69) is 10.6 Å². The van der Waals surface area contributed by atoms with Crippen LogP contribution in [0.4, 0.5) is 4.79 Å². The maximum absolute atomic E-state index is 13.0. The molecule has 3 amide bonds. The number of ether oxygens (including phenoxy) is 1. The van der Waals surface area contributed by atoms with Crippen molar-refractivity contribution in [2.75, 3.05) is 6.61 Å². The molecule has 0 bridgehead atoms. The lowest BCUT2D eigenvalue weighted by Crippen LogP contribution is -2.49. The smallest absolute Gasteiger partial charge is 0.339 e. The van der Waals surface area contributed by atoms with Crippen molar-refractivity contribution >= 4 is 23.7 Å². The van der Waals surface area contributed by atoms with Crippen molar-refractivity contribution < 1.29 is 23.9 Å². The third-order valence-electron chi connectivity index (χ3n) is 4.11. The predicted octanol–water partition coefficient (Wildman–Crippen LogP) is 3.32. The zero-order valence-electron chi connectivity index (χ0n) is 17.8. The summed E-state index contributed by atoms with van der Waals surface area (Å²) in [4.78, 5) is 49.1. The number of carbonyl (C=O) groups is 4. The van der Waals surface area contributed by atoms with Crippen LogP contribution in [0.5, 0.6) is 0 Å². The number of urea groups is 1. The van der Waals surface area contributed by atoms with Gasteiger partial charge < -0.3 is 10.1 Å². The second kappa shape index (κ2) is 9.35. The molecule has 0 aliphatic carbocycles. The Morgan fingerprint density at radius 1 is 0.900 bits per heavy atom. The average Bonchev–Trinajstić information content (AvgIpc) is 2.66. The maximum Gasteiger partial charge on any atom is 0.339 e. The van der Waals surface area contributed by atoms with Gasteiger partial charge in [-0.2, -0.15) is 0 Å². The Bertz CT molecular complexity index is 989. The second-order valence-corrected chi connectivity index (χ2v) is 8.02. The van der Waals surface area contributed by atoms with Gasteiger partial charge in [0.05, 0.1) is 5.56 Å². The first-order valence-electron chi connectivity index (χ1n) is 9.48. The number of aryl methyl sites for hydroxylation is 2.